The summed E-state index contributed by atoms with van der Waals surface area (Å²) in [5, 5.41) is 2.08. The predicted molar refractivity (Wildman–Crippen MR) is 83.2 cm³/mol. The number of carbonyl (C=O) groups is 1. The van der Waals surface area contributed by atoms with E-state index in [1.165, 1.54) is 16.5 Å². The number of thiophene rings is 1. The quantitative estimate of drug-likeness (QED) is 0.808. The molecule has 1 aromatic carbocycles. The molecule has 2 aromatic rings. The van der Waals surface area contributed by atoms with Crippen molar-refractivity contribution >= 4 is 17.2 Å². The molecule has 2 nitrogen and oxygen atoms in total. The molecule has 2 heterocycles. The molecule has 4 heteroatoms. The maximum atomic E-state index is 14.1. The summed E-state index contributed by atoms with van der Waals surface area (Å²) in [5.41, 5.74) is 2.24. The van der Waals surface area contributed by atoms with Crippen molar-refractivity contribution in [3.8, 4) is 0 Å². The van der Waals surface area contributed by atoms with E-state index in [1.807, 2.05) is 11.8 Å². The van der Waals surface area contributed by atoms with Gasteiger partial charge in [0.2, 0.25) is 0 Å². The lowest BCUT2D eigenvalue weighted by Gasteiger charge is -2.35. The van der Waals surface area contributed by atoms with Crippen LogP contribution in [0.2, 0.25) is 0 Å². The molecule has 1 amide bonds. The summed E-state index contributed by atoms with van der Waals surface area (Å²) >= 11 is 1.75. The van der Waals surface area contributed by atoms with Gasteiger partial charge < -0.3 is 4.90 Å². The summed E-state index contributed by atoms with van der Waals surface area (Å²) in [6.07, 6.45) is 1.71. The molecule has 3 rings (SSSR count). The van der Waals surface area contributed by atoms with Gasteiger partial charge in [-0.05, 0) is 54.5 Å². The molecule has 110 valence electrons. The molecule has 0 N–H and O–H groups in total. The average Bonchev–Trinajstić information content (AvgIpc) is 2.94. The van der Waals surface area contributed by atoms with Crippen molar-refractivity contribution in [3.05, 3.63) is 57.0 Å². The van der Waals surface area contributed by atoms with E-state index in [1.54, 1.807) is 23.5 Å². The largest absolute Gasteiger partial charge is 0.331 e. The van der Waals surface area contributed by atoms with Gasteiger partial charge in [-0.3, -0.25) is 4.79 Å². The van der Waals surface area contributed by atoms with Gasteiger partial charge in [0, 0.05) is 11.4 Å². The van der Waals surface area contributed by atoms with E-state index >= 15 is 0 Å². The normalized spacial score (nSPS) is 17.7. The topological polar surface area (TPSA) is 20.3 Å². The van der Waals surface area contributed by atoms with Crippen LogP contribution in [0.3, 0.4) is 0 Å². The van der Waals surface area contributed by atoms with E-state index in [-0.39, 0.29) is 17.5 Å². The van der Waals surface area contributed by atoms with Gasteiger partial charge in [0.15, 0.2) is 0 Å². The minimum absolute atomic E-state index is 0.0632. The van der Waals surface area contributed by atoms with Crippen LogP contribution < -0.4 is 0 Å². The number of amides is 1. The fourth-order valence-corrected chi connectivity index (χ4v) is 3.96. The molecule has 1 aromatic heterocycles. The molecule has 0 fully saturated rings. The van der Waals surface area contributed by atoms with Gasteiger partial charge >= 0.3 is 0 Å². The molecule has 1 atom stereocenters. The van der Waals surface area contributed by atoms with Crippen LogP contribution in [0, 0.1) is 12.7 Å². The minimum atomic E-state index is -0.425. The Morgan fingerprint density at radius 1 is 1.43 bits per heavy atom. The van der Waals surface area contributed by atoms with Crippen LogP contribution in [-0.4, -0.2) is 17.4 Å². The highest BCUT2D eigenvalue weighted by Gasteiger charge is 2.31. The highest BCUT2D eigenvalue weighted by atomic mass is 32.1. The first-order valence-electron chi connectivity index (χ1n) is 7.25. The first-order chi connectivity index (χ1) is 10.1. The SMILES string of the molecule is CCC1c2ccsc2CCN1C(=O)c1ccc(C)cc1F. The zero-order valence-electron chi connectivity index (χ0n) is 12.2. The van der Waals surface area contributed by atoms with Crippen LogP contribution in [0.1, 0.15) is 45.7 Å². The summed E-state index contributed by atoms with van der Waals surface area (Å²) < 4.78 is 14.1. The van der Waals surface area contributed by atoms with Gasteiger partial charge in [0.25, 0.3) is 5.91 Å². The second-order valence-electron chi connectivity index (χ2n) is 5.46. The van der Waals surface area contributed by atoms with E-state index in [2.05, 4.69) is 18.4 Å². The molecular weight excluding hydrogens is 285 g/mol. The lowest BCUT2D eigenvalue weighted by molar-refractivity contribution is 0.0652. The second-order valence-corrected chi connectivity index (χ2v) is 6.46. The van der Waals surface area contributed by atoms with Crippen LogP contribution >= 0.6 is 11.3 Å². The first kappa shape index (κ1) is 14.3. The number of fused-ring (bicyclic) bond motifs is 1. The molecule has 0 aliphatic carbocycles. The van der Waals surface area contributed by atoms with Crippen LogP contribution in [0.25, 0.3) is 0 Å². The highest BCUT2D eigenvalue weighted by molar-refractivity contribution is 7.10. The van der Waals surface area contributed by atoms with Gasteiger partial charge in [0.05, 0.1) is 11.6 Å². The number of nitrogens with zero attached hydrogens (tertiary/aromatic N) is 1. The molecule has 1 aliphatic rings. The van der Waals surface area contributed by atoms with E-state index in [0.29, 0.717) is 6.54 Å². The van der Waals surface area contributed by atoms with Gasteiger partial charge in [-0.1, -0.05) is 13.0 Å². The Hall–Kier alpha value is -1.68. The zero-order chi connectivity index (χ0) is 15.0. The summed E-state index contributed by atoms with van der Waals surface area (Å²) in [6, 6.07) is 6.97. The Morgan fingerprint density at radius 2 is 2.24 bits per heavy atom. The van der Waals surface area contributed by atoms with Crippen molar-refractivity contribution < 1.29 is 9.18 Å². The number of benzene rings is 1. The summed E-state index contributed by atoms with van der Waals surface area (Å²) in [5.74, 6) is -0.623. The number of hydrogen-bond donors (Lipinski definition) is 0. The Morgan fingerprint density at radius 3 is 2.95 bits per heavy atom. The van der Waals surface area contributed by atoms with Crippen LogP contribution in [-0.2, 0) is 6.42 Å². The Kier molecular flexibility index (Phi) is 3.81. The van der Waals surface area contributed by atoms with E-state index in [4.69, 9.17) is 0 Å². The number of halogens is 1. The number of carbonyl (C=O) groups excluding carboxylic acids is 1. The first-order valence-corrected chi connectivity index (χ1v) is 8.13. The number of aryl methyl sites for hydroxylation is 1. The smallest absolute Gasteiger partial charge is 0.257 e. The fraction of sp³-hybridized carbons (Fsp3) is 0.353. The maximum Gasteiger partial charge on any atom is 0.257 e. The van der Waals surface area contributed by atoms with Crippen molar-refractivity contribution in [3.63, 3.8) is 0 Å². The minimum Gasteiger partial charge on any atom is -0.331 e. The third-order valence-corrected chi connectivity index (χ3v) is 5.09. The fourth-order valence-electron chi connectivity index (χ4n) is 3.03. The van der Waals surface area contributed by atoms with Crippen molar-refractivity contribution in [2.24, 2.45) is 0 Å². The molecular formula is C17H18FNOS. The van der Waals surface area contributed by atoms with Crippen LogP contribution in [0.5, 0.6) is 0 Å². The Balaban J connectivity index is 1.94. The van der Waals surface area contributed by atoms with Gasteiger partial charge in [0.1, 0.15) is 5.82 Å². The van der Waals surface area contributed by atoms with Crippen LogP contribution in [0.4, 0.5) is 4.39 Å². The van der Waals surface area contributed by atoms with Gasteiger partial charge in [-0.2, -0.15) is 0 Å². The average molecular weight is 303 g/mol. The molecule has 1 aliphatic heterocycles. The number of rotatable bonds is 2. The summed E-state index contributed by atoms with van der Waals surface area (Å²) in [6.45, 7) is 4.56. The number of hydrogen-bond acceptors (Lipinski definition) is 2. The summed E-state index contributed by atoms with van der Waals surface area (Å²) in [4.78, 5) is 15.9. The third kappa shape index (κ3) is 2.48. The molecule has 0 saturated heterocycles. The van der Waals surface area contributed by atoms with E-state index < -0.39 is 5.82 Å². The van der Waals surface area contributed by atoms with E-state index in [0.717, 1.165) is 18.4 Å². The Labute approximate surface area is 128 Å². The molecule has 0 radical (unpaired) electrons. The third-order valence-electron chi connectivity index (χ3n) is 4.10. The standard InChI is InChI=1S/C17H18FNOS/c1-3-15-13-7-9-21-16(13)6-8-19(15)17(20)12-5-4-11(2)10-14(12)18/h4-5,7,9-10,15H,3,6,8H2,1-2H3. The molecule has 1 unspecified atom stereocenters. The summed E-state index contributed by atoms with van der Waals surface area (Å²) in [7, 11) is 0. The highest BCUT2D eigenvalue weighted by Crippen LogP contribution is 2.36. The molecule has 21 heavy (non-hydrogen) atoms. The predicted octanol–water partition coefficient (Wildman–Crippen LogP) is 4.35. The van der Waals surface area contributed by atoms with Crippen molar-refractivity contribution in [2.45, 2.75) is 32.7 Å². The van der Waals surface area contributed by atoms with Crippen LogP contribution in [0.15, 0.2) is 29.6 Å². The molecule has 0 saturated carbocycles. The Bertz CT molecular complexity index is 679. The second kappa shape index (κ2) is 5.60. The van der Waals surface area contributed by atoms with E-state index in [9.17, 15) is 9.18 Å². The van der Waals surface area contributed by atoms with Gasteiger partial charge in [-0.15, -0.1) is 11.3 Å². The zero-order valence-corrected chi connectivity index (χ0v) is 13.0. The van der Waals surface area contributed by atoms with Crippen molar-refractivity contribution in [2.75, 3.05) is 6.54 Å². The van der Waals surface area contributed by atoms with Crippen molar-refractivity contribution in [1.82, 2.24) is 4.90 Å². The monoisotopic (exact) mass is 303 g/mol. The lowest BCUT2D eigenvalue weighted by Crippen LogP contribution is -2.39. The van der Waals surface area contributed by atoms with Gasteiger partial charge in [-0.25, -0.2) is 4.39 Å². The molecule has 0 bridgehead atoms. The lowest BCUT2D eigenvalue weighted by atomic mass is 9.96. The van der Waals surface area contributed by atoms with Crippen molar-refractivity contribution in [1.29, 1.82) is 0 Å². The molecule has 0 spiro atoms. The maximum absolute atomic E-state index is 14.1.